The van der Waals surface area contributed by atoms with Gasteiger partial charge in [-0.15, -0.1) is 0 Å². The molecule has 0 saturated heterocycles. The van der Waals surface area contributed by atoms with Crippen LogP contribution in [-0.2, 0) is 9.59 Å². The van der Waals surface area contributed by atoms with Crippen LogP contribution in [0.4, 0.5) is 0 Å². The maximum absolute atomic E-state index is 11.6. The van der Waals surface area contributed by atoms with E-state index >= 15 is 0 Å². The number of carboxylic acids is 2. The molecule has 0 bridgehead atoms. The average Bonchev–Trinajstić information content (AvgIpc) is 3.02. The molecule has 23 heavy (non-hydrogen) atoms. The summed E-state index contributed by atoms with van der Waals surface area (Å²) < 4.78 is 0. The van der Waals surface area contributed by atoms with Crippen molar-refractivity contribution < 1.29 is 19.8 Å². The summed E-state index contributed by atoms with van der Waals surface area (Å²) in [6, 6.07) is 0. The van der Waals surface area contributed by atoms with Crippen molar-refractivity contribution in [2.45, 2.75) is 64.2 Å². The number of rotatable bonds is 2. The minimum absolute atomic E-state index is 0.315. The second kappa shape index (κ2) is 5.49. The number of carbonyl (C=O) groups is 2. The van der Waals surface area contributed by atoms with E-state index in [-0.39, 0.29) is 0 Å². The zero-order chi connectivity index (χ0) is 16.2. The first kappa shape index (κ1) is 15.5. The van der Waals surface area contributed by atoms with Gasteiger partial charge in [0.1, 0.15) is 0 Å². The van der Waals surface area contributed by atoms with E-state index in [0.29, 0.717) is 24.7 Å². The Morgan fingerprint density at radius 2 is 1.30 bits per heavy atom. The maximum Gasteiger partial charge on any atom is 0.321 e. The van der Waals surface area contributed by atoms with Crippen molar-refractivity contribution in [1.29, 1.82) is 0 Å². The molecule has 0 spiro atoms. The quantitative estimate of drug-likeness (QED) is 0.759. The summed E-state index contributed by atoms with van der Waals surface area (Å²) in [4.78, 5) is 23.3. The van der Waals surface area contributed by atoms with Gasteiger partial charge in [0.2, 0.25) is 0 Å². The Balaban J connectivity index is 1.54. The third kappa shape index (κ3) is 2.24. The fourth-order valence-corrected chi connectivity index (χ4v) is 7.00. The maximum atomic E-state index is 11.6. The Morgan fingerprint density at radius 3 is 1.96 bits per heavy atom. The minimum Gasteiger partial charge on any atom is -0.480 e. The molecule has 0 aromatic heterocycles. The molecule has 4 saturated carbocycles. The van der Waals surface area contributed by atoms with Crippen LogP contribution in [-0.4, -0.2) is 22.2 Å². The van der Waals surface area contributed by atoms with E-state index in [1.165, 1.54) is 38.5 Å². The van der Waals surface area contributed by atoms with Gasteiger partial charge in [-0.05, 0) is 86.9 Å². The Kier molecular flexibility index (Phi) is 3.69. The first-order valence-corrected chi connectivity index (χ1v) is 9.50. The van der Waals surface area contributed by atoms with Gasteiger partial charge in [0.15, 0.2) is 5.41 Å². The summed E-state index contributed by atoms with van der Waals surface area (Å²) in [5, 5.41) is 19.0. The van der Waals surface area contributed by atoms with Crippen molar-refractivity contribution >= 4 is 11.9 Å². The van der Waals surface area contributed by atoms with Crippen molar-refractivity contribution in [2.75, 3.05) is 0 Å². The molecule has 4 aliphatic rings. The molecule has 0 heterocycles. The van der Waals surface area contributed by atoms with Gasteiger partial charge in [-0.2, -0.15) is 0 Å². The molecule has 0 aromatic rings. The van der Waals surface area contributed by atoms with Crippen molar-refractivity contribution in [3.8, 4) is 0 Å². The topological polar surface area (TPSA) is 74.6 Å². The van der Waals surface area contributed by atoms with Gasteiger partial charge >= 0.3 is 11.9 Å². The molecule has 2 N–H and O–H groups in total. The Labute approximate surface area is 137 Å². The van der Waals surface area contributed by atoms with Crippen LogP contribution in [0.5, 0.6) is 0 Å². The molecule has 0 amide bonds. The van der Waals surface area contributed by atoms with E-state index < -0.39 is 17.4 Å². The lowest BCUT2D eigenvalue weighted by atomic mass is 9.51. The van der Waals surface area contributed by atoms with Crippen molar-refractivity contribution in [3.63, 3.8) is 0 Å². The van der Waals surface area contributed by atoms with Crippen LogP contribution in [0.2, 0.25) is 0 Å². The largest absolute Gasteiger partial charge is 0.480 e. The summed E-state index contributed by atoms with van der Waals surface area (Å²) in [5.74, 6) is 2.12. The standard InChI is InChI=1S/C19H28O4/c20-17(21)19(18(22)23)9-8-14-12(10-19)5-7-15-13-3-1-2-11(13)4-6-16(14)15/h11-16H,1-10H2,(H,20,21)(H,22,23)/t11-,12?,13+,14-,15-,16+/m0/s1. The van der Waals surface area contributed by atoms with Crippen molar-refractivity contribution in [1.82, 2.24) is 0 Å². The summed E-state index contributed by atoms with van der Waals surface area (Å²) in [7, 11) is 0. The molecule has 0 radical (unpaired) electrons. The molecular formula is C19H28O4. The Bertz CT molecular complexity index is 499. The highest BCUT2D eigenvalue weighted by molar-refractivity contribution is 5.98. The van der Waals surface area contributed by atoms with Crippen LogP contribution >= 0.6 is 0 Å². The third-order valence-corrected chi connectivity index (χ3v) is 8.05. The molecule has 4 aliphatic carbocycles. The zero-order valence-corrected chi connectivity index (χ0v) is 13.7. The summed E-state index contributed by atoms with van der Waals surface area (Å²) in [6.07, 6.45) is 10.6. The van der Waals surface area contributed by atoms with Gasteiger partial charge in [0.05, 0.1) is 0 Å². The first-order valence-electron chi connectivity index (χ1n) is 9.50. The van der Waals surface area contributed by atoms with Gasteiger partial charge in [0, 0.05) is 0 Å². The lowest BCUT2D eigenvalue weighted by Gasteiger charge is -2.53. The van der Waals surface area contributed by atoms with Crippen LogP contribution in [0.3, 0.4) is 0 Å². The molecule has 128 valence electrons. The first-order chi connectivity index (χ1) is 11.0. The second-order valence-corrected chi connectivity index (χ2v) is 8.70. The molecule has 4 heteroatoms. The van der Waals surface area contributed by atoms with E-state index in [2.05, 4.69) is 0 Å². The van der Waals surface area contributed by atoms with Crippen LogP contribution in [0.15, 0.2) is 0 Å². The molecule has 0 aromatic carbocycles. The number of hydrogen-bond donors (Lipinski definition) is 2. The summed E-state index contributed by atoms with van der Waals surface area (Å²) in [6.45, 7) is 0. The van der Waals surface area contributed by atoms with E-state index in [0.717, 1.165) is 36.5 Å². The molecule has 0 aliphatic heterocycles. The van der Waals surface area contributed by atoms with Gasteiger partial charge < -0.3 is 10.2 Å². The number of fused-ring (bicyclic) bond motifs is 5. The summed E-state index contributed by atoms with van der Waals surface area (Å²) in [5.41, 5.74) is -1.52. The van der Waals surface area contributed by atoms with E-state index in [9.17, 15) is 19.8 Å². The third-order valence-electron chi connectivity index (χ3n) is 8.05. The normalized spacial score (nSPS) is 44.7. The average molecular weight is 320 g/mol. The number of hydrogen-bond acceptors (Lipinski definition) is 2. The van der Waals surface area contributed by atoms with Gasteiger partial charge in [0.25, 0.3) is 0 Å². The van der Waals surface area contributed by atoms with E-state index in [1.54, 1.807) is 0 Å². The van der Waals surface area contributed by atoms with Crippen LogP contribution < -0.4 is 0 Å². The number of aliphatic carboxylic acids is 2. The second-order valence-electron chi connectivity index (χ2n) is 8.70. The molecule has 6 atom stereocenters. The van der Waals surface area contributed by atoms with E-state index in [4.69, 9.17) is 0 Å². The van der Waals surface area contributed by atoms with Crippen molar-refractivity contribution in [2.24, 2.45) is 40.9 Å². The fraction of sp³-hybridized carbons (Fsp3) is 0.895. The number of carboxylic acid groups (broad SMARTS) is 2. The van der Waals surface area contributed by atoms with E-state index in [1.807, 2.05) is 0 Å². The SMILES string of the molecule is O=C(O)C1(C(=O)O)CC[C@H]2C(CC[C@H]3[C@@H]4CCC[C@H]4CC[C@@H]32)C1. The highest BCUT2D eigenvalue weighted by atomic mass is 16.4. The fourth-order valence-electron chi connectivity index (χ4n) is 7.00. The van der Waals surface area contributed by atoms with Gasteiger partial charge in [-0.3, -0.25) is 9.59 Å². The van der Waals surface area contributed by atoms with Crippen LogP contribution in [0.1, 0.15) is 64.2 Å². The molecule has 4 nitrogen and oxygen atoms in total. The summed E-state index contributed by atoms with van der Waals surface area (Å²) >= 11 is 0. The van der Waals surface area contributed by atoms with Gasteiger partial charge in [-0.25, -0.2) is 0 Å². The Hall–Kier alpha value is -1.06. The predicted molar refractivity (Wildman–Crippen MR) is 84.8 cm³/mol. The van der Waals surface area contributed by atoms with Gasteiger partial charge in [-0.1, -0.05) is 12.8 Å². The monoisotopic (exact) mass is 320 g/mol. The predicted octanol–water partition coefficient (Wildman–Crippen LogP) is 3.79. The van der Waals surface area contributed by atoms with Crippen LogP contribution in [0, 0.1) is 40.9 Å². The molecule has 4 fully saturated rings. The van der Waals surface area contributed by atoms with Crippen LogP contribution in [0.25, 0.3) is 0 Å². The highest BCUT2D eigenvalue weighted by Crippen LogP contribution is 2.59. The zero-order valence-electron chi connectivity index (χ0n) is 13.7. The molecule has 4 rings (SSSR count). The Morgan fingerprint density at radius 1 is 0.696 bits per heavy atom. The lowest BCUT2D eigenvalue weighted by molar-refractivity contribution is -0.172. The van der Waals surface area contributed by atoms with Crippen molar-refractivity contribution in [3.05, 3.63) is 0 Å². The smallest absolute Gasteiger partial charge is 0.321 e. The molecular weight excluding hydrogens is 292 g/mol. The lowest BCUT2D eigenvalue weighted by Crippen LogP contribution is -2.51. The molecule has 1 unspecified atom stereocenters. The minimum atomic E-state index is -1.52. The highest BCUT2D eigenvalue weighted by Gasteiger charge is 2.56.